The van der Waals surface area contributed by atoms with Crippen LogP contribution in [0.25, 0.3) is 6.08 Å². The number of nitrogens with zero attached hydrogens (tertiary/aromatic N) is 3. The second kappa shape index (κ2) is 6.57. The number of aliphatic carboxylic acids is 2. The van der Waals surface area contributed by atoms with Crippen molar-refractivity contribution in [3.8, 4) is 5.88 Å². The molecule has 8 nitrogen and oxygen atoms in total. The van der Waals surface area contributed by atoms with E-state index in [1.165, 1.54) is 6.08 Å². The van der Waals surface area contributed by atoms with Crippen LogP contribution in [-0.4, -0.2) is 21.6 Å². The molecule has 0 aliphatic carbocycles. The number of carboxylic acid groups (broad SMARTS) is 2. The van der Waals surface area contributed by atoms with E-state index >= 15 is 0 Å². The minimum absolute atomic E-state index is 0.0182. The van der Waals surface area contributed by atoms with E-state index in [0.717, 1.165) is 15.9 Å². The van der Waals surface area contributed by atoms with Crippen LogP contribution in [0.2, 0.25) is 0 Å². The molecule has 2 heterocycles. The molecule has 2 aromatic rings. The van der Waals surface area contributed by atoms with Crippen molar-refractivity contribution in [3.63, 3.8) is 0 Å². The number of thiazole rings is 1. The van der Waals surface area contributed by atoms with Crippen LogP contribution >= 0.6 is 23.6 Å². The Labute approximate surface area is 149 Å². The topological polar surface area (TPSA) is 130 Å². The first-order valence-electron chi connectivity index (χ1n) is 6.96. The van der Waals surface area contributed by atoms with E-state index in [1.807, 2.05) is 12.1 Å². The monoisotopic (exact) mass is 375 g/mol. The van der Waals surface area contributed by atoms with Gasteiger partial charge in [-0.2, -0.15) is 0 Å². The summed E-state index contributed by atoms with van der Waals surface area (Å²) in [5, 5.41) is 33.6. The Kier molecular flexibility index (Phi) is 4.47. The predicted octanol–water partition coefficient (Wildman–Crippen LogP) is -1.33. The molecule has 1 aromatic carbocycles. The molecule has 0 bridgehead atoms. The fourth-order valence-electron chi connectivity index (χ4n) is 2.31. The van der Waals surface area contributed by atoms with Gasteiger partial charge in [0.15, 0.2) is 9.78 Å². The maximum absolute atomic E-state index is 11.2. The number of carbonyl (C=O) groups is 2. The van der Waals surface area contributed by atoms with E-state index in [1.54, 1.807) is 12.1 Å². The molecule has 0 saturated heterocycles. The van der Waals surface area contributed by atoms with Crippen LogP contribution in [0.4, 0.5) is 0 Å². The number of aromatic hydroxyl groups is 1. The second-order valence-electron chi connectivity index (χ2n) is 5.05. The minimum atomic E-state index is -1.68. The lowest BCUT2D eigenvalue weighted by Gasteiger charge is -2.20. The average molecular weight is 375 g/mol. The first-order chi connectivity index (χ1) is 11.9. The lowest BCUT2D eigenvalue weighted by molar-refractivity contribution is -0.319. The van der Waals surface area contributed by atoms with Gasteiger partial charge < -0.3 is 24.9 Å². The van der Waals surface area contributed by atoms with Crippen LogP contribution in [0.5, 0.6) is 5.88 Å². The standard InChI is InChI=1S/C15H11N3O5S2/c19-12(20)5-9(14(22)23)18-13(21)10(25-15(18)24)6-11-16-7-3-1-2-4-8(7)17-11/h1-4,6,9,21H,5H2,(H,19,20)(H,22,23)/p-2/t9-/m1/s1. The van der Waals surface area contributed by atoms with E-state index in [4.69, 9.17) is 12.2 Å². The Morgan fingerprint density at radius 2 is 1.88 bits per heavy atom. The number of hydrogen-bond donors (Lipinski definition) is 1. The summed E-state index contributed by atoms with van der Waals surface area (Å²) in [6.07, 6.45) is 0.564. The van der Waals surface area contributed by atoms with Crippen LogP contribution in [0, 0.1) is 3.95 Å². The highest BCUT2D eigenvalue weighted by Crippen LogP contribution is 2.32. The Hall–Kier alpha value is -2.85. The summed E-state index contributed by atoms with van der Waals surface area (Å²) in [5.41, 5.74) is 0. The maximum Gasteiger partial charge on any atom is 0.211 e. The van der Waals surface area contributed by atoms with Crippen molar-refractivity contribution in [1.29, 1.82) is 0 Å². The normalized spacial score (nSPS) is 13.5. The zero-order valence-electron chi connectivity index (χ0n) is 12.4. The van der Waals surface area contributed by atoms with Gasteiger partial charge in [-0.05, 0) is 24.4 Å². The van der Waals surface area contributed by atoms with Crippen molar-refractivity contribution in [2.24, 2.45) is 9.98 Å². The van der Waals surface area contributed by atoms with Crippen LogP contribution < -0.4 is 20.9 Å². The van der Waals surface area contributed by atoms with Crippen LogP contribution in [-0.2, 0) is 9.59 Å². The number of fused-ring (bicyclic) bond motifs is 1. The molecule has 0 fully saturated rings. The van der Waals surface area contributed by atoms with Crippen molar-refractivity contribution in [3.05, 3.63) is 49.6 Å². The van der Waals surface area contributed by atoms with Crippen molar-refractivity contribution < 1.29 is 24.9 Å². The van der Waals surface area contributed by atoms with Gasteiger partial charge in [0, 0.05) is 18.5 Å². The molecule has 0 saturated carbocycles. The first-order valence-corrected chi connectivity index (χ1v) is 8.18. The maximum atomic E-state index is 11.2. The molecule has 25 heavy (non-hydrogen) atoms. The van der Waals surface area contributed by atoms with Crippen molar-refractivity contribution >= 4 is 41.6 Å². The van der Waals surface area contributed by atoms with E-state index in [0.29, 0.717) is 16.5 Å². The van der Waals surface area contributed by atoms with Crippen LogP contribution in [0.15, 0.2) is 40.1 Å². The smallest absolute Gasteiger partial charge is 0.211 e. The number of hydrogen-bond acceptors (Lipinski definition) is 9. The van der Waals surface area contributed by atoms with Gasteiger partial charge in [0.05, 0.1) is 27.6 Å². The molecule has 1 aromatic heterocycles. The van der Waals surface area contributed by atoms with Crippen molar-refractivity contribution in [2.75, 3.05) is 0 Å². The molecule has 1 N–H and O–H groups in total. The van der Waals surface area contributed by atoms with Crippen LogP contribution in [0.3, 0.4) is 0 Å². The summed E-state index contributed by atoms with van der Waals surface area (Å²) in [7, 11) is 0. The number of carboxylic acids is 2. The third kappa shape index (κ3) is 3.35. The third-order valence-electron chi connectivity index (χ3n) is 3.40. The highest BCUT2D eigenvalue weighted by Gasteiger charge is 2.21. The zero-order chi connectivity index (χ0) is 18.1. The molecule has 1 aliphatic rings. The van der Waals surface area contributed by atoms with Crippen molar-refractivity contribution in [2.45, 2.75) is 12.5 Å². The quantitative estimate of drug-likeness (QED) is 0.644. The largest absolute Gasteiger partial charge is 0.550 e. The van der Waals surface area contributed by atoms with Gasteiger partial charge in [-0.1, -0.05) is 12.1 Å². The van der Waals surface area contributed by atoms with Gasteiger partial charge in [0.1, 0.15) is 0 Å². The molecule has 0 spiro atoms. The molecule has 128 valence electrons. The Bertz CT molecular complexity index is 1050. The Morgan fingerprint density at radius 3 is 2.40 bits per heavy atom. The van der Waals surface area contributed by atoms with Crippen LogP contribution in [0.1, 0.15) is 17.3 Å². The molecule has 0 radical (unpaired) electrons. The number of aromatic nitrogens is 1. The predicted molar refractivity (Wildman–Crippen MR) is 85.2 cm³/mol. The Morgan fingerprint density at radius 1 is 1.28 bits per heavy atom. The molecule has 3 rings (SSSR count). The summed E-state index contributed by atoms with van der Waals surface area (Å²) in [5.74, 6) is -3.46. The highest BCUT2D eigenvalue weighted by molar-refractivity contribution is 7.73. The number of benzene rings is 1. The summed E-state index contributed by atoms with van der Waals surface area (Å²) in [4.78, 5) is 30.7. The minimum Gasteiger partial charge on any atom is -0.550 e. The molecule has 0 unspecified atom stereocenters. The molecule has 10 heteroatoms. The third-order valence-corrected chi connectivity index (χ3v) is 4.74. The first kappa shape index (κ1) is 17.0. The van der Waals surface area contributed by atoms with Crippen molar-refractivity contribution in [1.82, 2.24) is 4.57 Å². The van der Waals surface area contributed by atoms with Gasteiger partial charge in [-0.15, -0.1) is 11.3 Å². The lowest BCUT2D eigenvalue weighted by Crippen LogP contribution is -2.37. The summed E-state index contributed by atoms with van der Waals surface area (Å²) < 4.78 is 0.801. The van der Waals surface area contributed by atoms with Gasteiger partial charge in [-0.3, -0.25) is 4.57 Å². The number of carbonyl (C=O) groups excluding carboxylic acids is 2. The fraction of sp³-hybridized carbons (Fsp3) is 0.133. The van der Waals surface area contributed by atoms with Gasteiger partial charge in [-0.25, -0.2) is 9.98 Å². The molecule has 1 aliphatic heterocycles. The molecular formula is C15H9N3O5S2-2. The molecule has 0 amide bonds. The van der Waals surface area contributed by atoms with Gasteiger partial charge in [0.25, 0.3) is 0 Å². The molecule has 1 atom stereocenters. The summed E-state index contributed by atoms with van der Waals surface area (Å²) >= 11 is 5.95. The lowest BCUT2D eigenvalue weighted by atomic mass is 10.2. The summed E-state index contributed by atoms with van der Waals surface area (Å²) in [6, 6.07) is 5.50. The zero-order valence-corrected chi connectivity index (χ0v) is 14.0. The number of para-hydroxylation sites is 2. The molecular weight excluding hydrogens is 366 g/mol. The SMILES string of the molecule is O=C([O-])C[C@H](C(=O)[O-])n1c(O)c(C=C2N=c3ccccc3=N2)sc1=S. The van der Waals surface area contributed by atoms with E-state index in [9.17, 15) is 24.9 Å². The fourth-order valence-corrected chi connectivity index (χ4v) is 3.64. The number of rotatable bonds is 5. The highest BCUT2D eigenvalue weighted by atomic mass is 32.1. The van der Waals surface area contributed by atoms with E-state index in [2.05, 4.69) is 9.98 Å². The second-order valence-corrected chi connectivity index (χ2v) is 6.73. The van der Waals surface area contributed by atoms with E-state index in [-0.39, 0.29) is 8.83 Å². The van der Waals surface area contributed by atoms with E-state index < -0.39 is 30.3 Å². The van der Waals surface area contributed by atoms with Gasteiger partial charge >= 0.3 is 0 Å². The average Bonchev–Trinajstić information content (AvgIpc) is 3.06. The summed E-state index contributed by atoms with van der Waals surface area (Å²) in [6.45, 7) is 0. The Balaban J connectivity index is 2.05. The van der Waals surface area contributed by atoms with Gasteiger partial charge in [0.2, 0.25) is 5.88 Å².